The van der Waals surface area contributed by atoms with E-state index < -0.39 is 0 Å². The maximum absolute atomic E-state index is 12.9. The van der Waals surface area contributed by atoms with Crippen LogP contribution in [0.2, 0.25) is 0 Å². The van der Waals surface area contributed by atoms with Gasteiger partial charge in [-0.05, 0) is 48.0 Å². The average Bonchev–Trinajstić information content (AvgIpc) is 3.27. The molecule has 0 spiro atoms. The Labute approximate surface area is 158 Å². The van der Waals surface area contributed by atoms with Crippen molar-refractivity contribution < 1.29 is 13.9 Å². The van der Waals surface area contributed by atoms with E-state index in [-0.39, 0.29) is 12.4 Å². The van der Waals surface area contributed by atoms with Gasteiger partial charge in [-0.1, -0.05) is 29.5 Å². The Morgan fingerprint density at radius 2 is 1.74 bits per heavy atom. The second-order valence-corrected chi connectivity index (χ2v) is 6.59. The van der Waals surface area contributed by atoms with Crippen LogP contribution in [-0.2, 0) is 6.61 Å². The molecule has 4 aromatic rings. The molecule has 0 saturated carbocycles. The Hall–Kier alpha value is -3.26. The molecule has 0 aliphatic rings. The molecule has 0 atom stereocenters. The van der Waals surface area contributed by atoms with Crippen LogP contribution in [-0.4, -0.2) is 26.9 Å². The first-order valence-electron chi connectivity index (χ1n) is 8.13. The third-order valence-corrected chi connectivity index (χ3v) is 4.65. The van der Waals surface area contributed by atoms with Crippen LogP contribution in [0.3, 0.4) is 0 Å². The molecule has 0 aliphatic carbocycles. The van der Waals surface area contributed by atoms with Gasteiger partial charge in [-0.3, -0.25) is 0 Å². The third kappa shape index (κ3) is 3.95. The number of rotatable bonds is 6. The van der Waals surface area contributed by atoms with E-state index in [1.54, 1.807) is 23.8 Å². The van der Waals surface area contributed by atoms with Gasteiger partial charge in [0.2, 0.25) is 4.96 Å². The molecule has 0 radical (unpaired) electrons. The van der Waals surface area contributed by atoms with E-state index in [9.17, 15) is 4.39 Å². The summed E-state index contributed by atoms with van der Waals surface area (Å²) in [4.78, 5) is 0.682. The minimum absolute atomic E-state index is 0.193. The predicted octanol–water partition coefficient (Wildman–Crippen LogP) is 4.08. The molecular weight excluding hydrogens is 367 g/mol. The van der Waals surface area contributed by atoms with E-state index >= 15 is 0 Å². The van der Waals surface area contributed by atoms with Crippen LogP contribution in [0, 0.1) is 5.82 Å². The summed E-state index contributed by atoms with van der Waals surface area (Å²) in [6, 6.07) is 13.6. The van der Waals surface area contributed by atoms with Gasteiger partial charge in [0.25, 0.3) is 0 Å². The fourth-order valence-electron chi connectivity index (χ4n) is 2.39. The van der Waals surface area contributed by atoms with Crippen LogP contribution in [0.1, 0.15) is 16.4 Å². The molecule has 6 nitrogen and oxygen atoms in total. The van der Waals surface area contributed by atoms with Crippen LogP contribution >= 0.6 is 11.3 Å². The van der Waals surface area contributed by atoms with E-state index in [4.69, 9.17) is 9.47 Å². The monoisotopic (exact) mass is 382 g/mol. The molecule has 0 fully saturated rings. The Bertz CT molecular complexity index is 1070. The van der Waals surface area contributed by atoms with Crippen molar-refractivity contribution in [2.45, 2.75) is 6.61 Å². The highest BCUT2D eigenvalue weighted by molar-refractivity contribution is 7.17. The Morgan fingerprint density at radius 3 is 2.48 bits per heavy atom. The lowest BCUT2D eigenvalue weighted by molar-refractivity contribution is 0.292. The molecule has 2 heterocycles. The Balaban J connectivity index is 1.47. The summed E-state index contributed by atoms with van der Waals surface area (Å²) in [7, 11) is 1.64. The van der Waals surface area contributed by atoms with Gasteiger partial charge in [0.05, 0.1) is 7.11 Å². The fraction of sp³-hybridized carbons (Fsp3) is 0.105. The van der Waals surface area contributed by atoms with E-state index in [1.165, 1.54) is 23.5 Å². The molecule has 4 rings (SSSR count). The van der Waals surface area contributed by atoms with Crippen molar-refractivity contribution in [3.63, 3.8) is 0 Å². The normalized spacial score (nSPS) is 11.3. The van der Waals surface area contributed by atoms with E-state index in [2.05, 4.69) is 15.3 Å². The summed E-state index contributed by atoms with van der Waals surface area (Å²) in [6.07, 6.45) is 3.89. The lowest BCUT2D eigenvalue weighted by Crippen LogP contribution is -2.02. The van der Waals surface area contributed by atoms with Crippen molar-refractivity contribution >= 4 is 28.4 Å². The van der Waals surface area contributed by atoms with Crippen LogP contribution in [0.25, 0.3) is 17.1 Å². The van der Waals surface area contributed by atoms with Gasteiger partial charge in [0.1, 0.15) is 28.9 Å². The topological polar surface area (TPSA) is 61.5 Å². The summed E-state index contributed by atoms with van der Waals surface area (Å²) in [5, 5.41) is 13.5. The van der Waals surface area contributed by atoms with Crippen LogP contribution in [0.15, 0.2) is 48.5 Å². The number of hydrogen-bond acceptors (Lipinski definition) is 6. The van der Waals surface area contributed by atoms with Gasteiger partial charge in [-0.15, -0.1) is 10.2 Å². The van der Waals surface area contributed by atoms with Crippen molar-refractivity contribution in [3.05, 3.63) is 70.7 Å². The molecule has 0 unspecified atom stereocenters. The molecule has 0 aliphatic heterocycles. The number of hydrogen-bond donors (Lipinski definition) is 0. The van der Waals surface area contributed by atoms with Gasteiger partial charge in [-0.2, -0.15) is 9.61 Å². The molecule has 0 saturated heterocycles. The van der Waals surface area contributed by atoms with Gasteiger partial charge in [0, 0.05) is 0 Å². The predicted molar refractivity (Wildman–Crippen MR) is 101 cm³/mol. The summed E-state index contributed by atoms with van der Waals surface area (Å²) in [5.41, 5.74) is 1.04. The minimum atomic E-state index is -0.306. The zero-order valence-electron chi connectivity index (χ0n) is 14.4. The summed E-state index contributed by atoms with van der Waals surface area (Å²) >= 11 is 1.43. The SMILES string of the molecule is COc1ccc(/C=C\c2nn3c(COc4ccc(F)cc4)nnc3s2)cc1. The molecule has 2 aromatic heterocycles. The van der Waals surface area contributed by atoms with Crippen molar-refractivity contribution in [3.8, 4) is 11.5 Å². The maximum atomic E-state index is 12.9. The van der Waals surface area contributed by atoms with Crippen molar-refractivity contribution in [2.75, 3.05) is 7.11 Å². The van der Waals surface area contributed by atoms with E-state index in [0.717, 1.165) is 16.3 Å². The van der Waals surface area contributed by atoms with Crippen LogP contribution in [0.5, 0.6) is 11.5 Å². The summed E-state index contributed by atoms with van der Waals surface area (Å²) < 4.78 is 25.4. The summed E-state index contributed by atoms with van der Waals surface area (Å²) in [5.74, 6) is 1.65. The second kappa shape index (κ2) is 7.55. The highest BCUT2D eigenvalue weighted by Gasteiger charge is 2.11. The van der Waals surface area contributed by atoms with Gasteiger partial charge in [0.15, 0.2) is 5.82 Å². The molecule has 136 valence electrons. The molecule has 0 amide bonds. The number of halogens is 1. The standard InChI is InChI=1S/C19H15FN4O2S/c1-25-15-7-2-13(3-8-15)4-11-18-23-24-17(21-22-19(24)27-18)12-26-16-9-5-14(20)6-10-16/h2-11H,12H2,1H3/b11-4-. The van der Waals surface area contributed by atoms with Gasteiger partial charge in [-0.25, -0.2) is 4.39 Å². The molecule has 27 heavy (non-hydrogen) atoms. The highest BCUT2D eigenvalue weighted by Crippen LogP contribution is 2.19. The van der Waals surface area contributed by atoms with E-state index in [0.29, 0.717) is 16.5 Å². The minimum Gasteiger partial charge on any atom is -0.497 e. The maximum Gasteiger partial charge on any atom is 0.235 e. The highest BCUT2D eigenvalue weighted by atomic mass is 32.1. The molecular formula is C19H15FN4O2S. The van der Waals surface area contributed by atoms with Gasteiger partial charge >= 0.3 is 0 Å². The fourth-order valence-corrected chi connectivity index (χ4v) is 3.15. The first-order chi connectivity index (χ1) is 13.2. The van der Waals surface area contributed by atoms with Crippen molar-refractivity contribution in [1.82, 2.24) is 19.8 Å². The van der Waals surface area contributed by atoms with Crippen molar-refractivity contribution in [2.24, 2.45) is 0 Å². The average molecular weight is 382 g/mol. The number of aromatic nitrogens is 4. The van der Waals surface area contributed by atoms with Gasteiger partial charge < -0.3 is 9.47 Å². The Morgan fingerprint density at radius 1 is 1.00 bits per heavy atom. The van der Waals surface area contributed by atoms with Crippen molar-refractivity contribution in [1.29, 1.82) is 0 Å². The number of nitrogens with zero attached hydrogens (tertiary/aromatic N) is 4. The molecule has 0 bridgehead atoms. The quantitative estimate of drug-likeness (QED) is 0.503. The van der Waals surface area contributed by atoms with Crippen LogP contribution in [0.4, 0.5) is 4.39 Å². The zero-order chi connectivity index (χ0) is 18.6. The number of ether oxygens (including phenoxy) is 2. The third-order valence-electron chi connectivity index (χ3n) is 3.79. The number of benzene rings is 2. The van der Waals surface area contributed by atoms with Crippen LogP contribution < -0.4 is 9.47 Å². The lowest BCUT2D eigenvalue weighted by Gasteiger charge is -2.03. The number of fused-ring (bicyclic) bond motifs is 1. The first-order valence-corrected chi connectivity index (χ1v) is 8.94. The number of methoxy groups -OCH3 is 1. The molecule has 8 heteroatoms. The Kier molecular flexibility index (Phi) is 4.80. The smallest absolute Gasteiger partial charge is 0.235 e. The first kappa shape index (κ1) is 17.2. The summed E-state index contributed by atoms with van der Waals surface area (Å²) in [6.45, 7) is 0.193. The second-order valence-electron chi connectivity index (χ2n) is 5.60. The molecule has 2 aromatic carbocycles. The van der Waals surface area contributed by atoms with E-state index in [1.807, 2.05) is 36.4 Å². The molecule has 0 N–H and O–H groups in total. The lowest BCUT2D eigenvalue weighted by atomic mass is 10.2. The largest absolute Gasteiger partial charge is 0.497 e. The zero-order valence-corrected chi connectivity index (χ0v) is 15.2.